The number of carbonyl (C=O) groups is 1. The highest BCUT2D eigenvalue weighted by molar-refractivity contribution is 5.67. The molecular formula is C16H16O4. The number of para-hydroxylation sites is 1. The van der Waals surface area contributed by atoms with Gasteiger partial charge in [0.05, 0.1) is 12.5 Å². The van der Waals surface area contributed by atoms with E-state index in [1.54, 1.807) is 12.1 Å². The number of rotatable bonds is 6. The van der Waals surface area contributed by atoms with E-state index in [1.165, 1.54) is 0 Å². The van der Waals surface area contributed by atoms with Crippen LogP contribution < -0.4 is 4.74 Å². The molecule has 20 heavy (non-hydrogen) atoms. The van der Waals surface area contributed by atoms with Gasteiger partial charge in [-0.25, -0.2) is 0 Å². The molecule has 2 N–H and O–H groups in total. The fourth-order valence-corrected chi connectivity index (χ4v) is 1.86. The van der Waals surface area contributed by atoms with Gasteiger partial charge in [0.1, 0.15) is 11.5 Å². The summed E-state index contributed by atoms with van der Waals surface area (Å²) in [6.45, 7) is 0. The number of benzene rings is 2. The standard InChI is InChI=1S/C16H16O4/c17-13(11-16(18)19)10-12-6-8-15(9-7-12)20-14-4-2-1-3-5-14/h1-9,13,17H,10-11H2,(H,18,19). The van der Waals surface area contributed by atoms with Crippen LogP contribution >= 0.6 is 0 Å². The predicted molar refractivity (Wildman–Crippen MR) is 74.9 cm³/mol. The Morgan fingerprint density at radius 3 is 2.20 bits per heavy atom. The number of aliphatic hydroxyl groups excluding tert-OH is 1. The van der Waals surface area contributed by atoms with Crippen molar-refractivity contribution in [2.75, 3.05) is 0 Å². The molecule has 4 heteroatoms. The molecule has 1 unspecified atom stereocenters. The molecule has 4 nitrogen and oxygen atoms in total. The summed E-state index contributed by atoms with van der Waals surface area (Å²) < 4.78 is 5.65. The number of ether oxygens (including phenoxy) is 1. The van der Waals surface area contributed by atoms with Crippen molar-refractivity contribution in [2.24, 2.45) is 0 Å². The van der Waals surface area contributed by atoms with Gasteiger partial charge in [0.15, 0.2) is 0 Å². The van der Waals surface area contributed by atoms with Crippen molar-refractivity contribution in [3.63, 3.8) is 0 Å². The molecule has 0 aliphatic rings. The normalized spacial score (nSPS) is 11.8. The molecule has 2 rings (SSSR count). The average Bonchev–Trinajstić information content (AvgIpc) is 2.41. The molecule has 0 amide bonds. The molecule has 0 aliphatic heterocycles. The van der Waals surface area contributed by atoms with Gasteiger partial charge in [-0.2, -0.15) is 0 Å². The van der Waals surface area contributed by atoms with Crippen LogP contribution in [0, 0.1) is 0 Å². The van der Waals surface area contributed by atoms with Gasteiger partial charge in [-0.05, 0) is 36.2 Å². The van der Waals surface area contributed by atoms with Gasteiger partial charge in [0, 0.05) is 0 Å². The zero-order chi connectivity index (χ0) is 14.4. The molecule has 0 aromatic heterocycles. The van der Waals surface area contributed by atoms with Crippen LogP contribution in [0.25, 0.3) is 0 Å². The second kappa shape index (κ2) is 6.73. The Balaban J connectivity index is 1.94. The Morgan fingerprint density at radius 1 is 1.00 bits per heavy atom. The van der Waals surface area contributed by atoms with Crippen molar-refractivity contribution in [3.8, 4) is 11.5 Å². The van der Waals surface area contributed by atoms with Gasteiger partial charge in [-0.1, -0.05) is 30.3 Å². The minimum Gasteiger partial charge on any atom is -0.481 e. The topological polar surface area (TPSA) is 66.8 Å². The molecule has 104 valence electrons. The molecular weight excluding hydrogens is 256 g/mol. The van der Waals surface area contributed by atoms with Crippen molar-refractivity contribution < 1.29 is 19.7 Å². The number of carboxylic acid groups (broad SMARTS) is 1. The van der Waals surface area contributed by atoms with Crippen LogP contribution in [0.3, 0.4) is 0 Å². The maximum absolute atomic E-state index is 10.5. The maximum Gasteiger partial charge on any atom is 0.305 e. The third-order valence-electron chi connectivity index (χ3n) is 2.78. The largest absolute Gasteiger partial charge is 0.481 e. The molecule has 0 bridgehead atoms. The summed E-state index contributed by atoms with van der Waals surface area (Å²) in [4.78, 5) is 10.5. The first-order valence-electron chi connectivity index (χ1n) is 6.35. The third-order valence-corrected chi connectivity index (χ3v) is 2.78. The first kappa shape index (κ1) is 14.1. The van der Waals surface area contributed by atoms with E-state index in [1.807, 2.05) is 42.5 Å². The molecule has 0 saturated carbocycles. The Kier molecular flexibility index (Phi) is 4.74. The van der Waals surface area contributed by atoms with Crippen LogP contribution in [-0.2, 0) is 11.2 Å². The second-order valence-corrected chi connectivity index (χ2v) is 4.51. The highest BCUT2D eigenvalue weighted by Crippen LogP contribution is 2.21. The van der Waals surface area contributed by atoms with Crippen molar-refractivity contribution in [1.29, 1.82) is 0 Å². The van der Waals surface area contributed by atoms with Gasteiger partial charge in [0.25, 0.3) is 0 Å². The highest BCUT2D eigenvalue weighted by atomic mass is 16.5. The lowest BCUT2D eigenvalue weighted by Gasteiger charge is -2.09. The Bertz CT molecular complexity index is 548. The lowest BCUT2D eigenvalue weighted by Crippen LogP contribution is -2.15. The minimum absolute atomic E-state index is 0.248. The van der Waals surface area contributed by atoms with E-state index in [2.05, 4.69) is 0 Å². The Hall–Kier alpha value is -2.33. The molecule has 1 atom stereocenters. The van der Waals surface area contributed by atoms with Crippen molar-refractivity contribution in [2.45, 2.75) is 18.9 Å². The lowest BCUT2D eigenvalue weighted by atomic mass is 10.1. The van der Waals surface area contributed by atoms with E-state index in [-0.39, 0.29) is 6.42 Å². The van der Waals surface area contributed by atoms with Crippen molar-refractivity contribution in [1.82, 2.24) is 0 Å². The van der Waals surface area contributed by atoms with Crippen molar-refractivity contribution in [3.05, 3.63) is 60.2 Å². The van der Waals surface area contributed by atoms with Gasteiger partial charge >= 0.3 is 5.97 Å². The molecule has 2 aromatic rings. The first-order chi connectivity index (χ1) is 9.63. The molecule has 2 aromatic carbocycles. The zero-order valence-electron chi connectivity index (χ0n) is 10.9. The van der Waals surface area contributed by atoms with Crippen molar-refractivity contribution >= 4 is 5.97 Å². The van der Waals surface area contributed by atoms with Crippen LogP contribution in [0.5, 0.6) is 11.5 Å². The highest BCUT2D eigenvalue weighted by Gasteiger charge is 2.10. The Labute approximate surface area is 117 Å². The summed E-state index contributed by atoms with van der Waals surface area (Å²) >= 11 is 0. The fraction of sp³-hybridized carbons (Fsp3) is 0.188. The van der Waals surface area contributed by atoms with E-state index >= 15 is 0 Å². The fourth-order valence-electron chi connectivity index (χ4n) is 1.86. The van der Waals surface area contributed by atoms with Gasteiger partial charge in [-0.3, -0.25) is 4.79 Å². The number of aliphatic hydroxyl groups is 1. The number of carboxylic acids is 1. The molecule has 0 spiro atoms. The van der Waals surface area contributed by atoms with E-state index in [0.717, 1.165) is 11.3 Å². The van der Waals surface area contributed by atoms with E-state index in [0.29, 0.717) is 12.2 Å². The summed E-state index contributed by atoms with van der Waals surface area (Å²) in [6.07, 6.45) is -0.798. The number of hydrogen-bond donors (Lipinski definition) is 2. The molecule has 0 saturated heterocycles. The maximum atomic E-state index is 10.5. The molecule has 0 radical (unpaired) electrons. The lowest BCUT2D eigenvalue weighted by molar-refractivity contribution is -0.139. The van der Waals surface area contributed by atoms with Gasteiger partial charge in [0.2, 0.25) is 0 Å². The monoisotopic (exact) mass is 272 g/mol. The van der Waals surface area contributed by atoms with Crippen LogP contribution in [0.4, 0.5) is 0 Å². The molecule has 0 heterocycles. The zero-order valence-corrected chi connectivity index (χ0v) is 10.9. The van der Waals surface area contributed by atoms with Gasteiger partial charge in [-0.15, -0.1) is 0 Å². The van der Waals surface area contributed by atoms with Crippen LogP contribution in [0.15, 0.2) is 54.6 Å². The van der Waals surface area contributed by atoms with E-state index < -0.39 is 12.1 Å². The second-order valence-electron chi connectivity index (χ2n) is 4.51. The van der Waals surface area contributed by atoms with Crippen LogP contribution in [0.1, 0.15) is 12.0 Å². The molecule has 0 fully saturated rings. The summed E-state index contributed by atoms with van der Waals surface area (Å²) in [7, 11) is 0. The van der Waals surface area contributed by atoms with Gasteiger partial charge < -0.3 is 14.9 Å². The summed E-state index contributed by atoms with van der Waals surface area (Å²) in [5.41, 5.74) is 0.874. The van der Waals surface area contributed by atoms with Crippen LogP contribution in [-0.4, -0.2) is 22.3 Å². The first-order valence-corrected chi connectivity index (χ1v) is 6.35. The third kappa shape index (κ3) is 4.40. The smallest absolute Gasteiger partial charge is 0.305 e. The van der Waals surface area contributed by atoms with Crippen LogP contribution in [0.2, 0.25) is 0 Å². The summed E-state index contributed by atoms with van der Waals surface area (Å²) in [5.74, 6) is 0.459. The molecule has 0 aliphatic carbocycles. The number of aliphatic carboxylic acids is 1. The summed E-state index contributed by atoms with van der Waals surface area (Å²) in [6, 6.07) is 16.7. The van der Waals surface area contributed by atoms with E-state index in [9.17, 15) is 9.90 Å². The quantitative estimate of drug-likeness (QED) is 0.848. The minimum atomic E-state index is -0.999. The van der Waals surface area contributed by atoms with E-state index in [4.69, 9.17) is 9.84 Å². The number of hydrogen-bond acceptors (Lipinski definition) is 3. The Morgan fingerprint density at radius 2 is 1.60 bits per heavy atom. The SMILES string of the molecule is O=C(O)CC(O)Cc1ccc(Oc2ccccc2)cc1. The summed E-state index contributed by atoms with van der Waals surface area (Å²) in [5, 5.41) is 18.2. The predicted octanol–water partition coefficient (Wildman–Crippen LogP) is 2.86. The average molecular weight is 272 g/mol.